The fraction of sp³-hybridized carbons (Fsp3) is 0.231. The number of halogens is 3. The SMILES string of the molecule is Cc1ccc(Nc2snc(C)c2C#N)cc1C(F)(F)F. The van der Waals surface area contributed by atoms with Gasteiger partial charge in [-0.05, 0) is 43.1 Å². The summed E-state index contributed by atoms with van der Waals surface area (Å²) in [4.78, 5) is 0. The molecule has 0 saturated heterocycles. The van der Waals surface area contributed by atoms with Gasteiger partial charge in [0.15, 0.2) is 0 Å². The number of aromatic nitrogens is 1. The maximum atomic E-state index is 12.8. The summed E-state index contributed by atoms with van der Waals surface area (Å²) in [7, 11) is 0. The van der Waals surface area contributed by atoms with Crippen LogP contribution in [0, 0.1) is 25.2 Å². The smallest absolute Gasteiger partial charge is 0.345 e. The number of rotatable bonds is 2. The van der Waals surface area contributed by atoms with E-state index < -0.39 is 11.7 Å². The van der Waals surface area contributed by atoms with Crippen molar-refractivity contribution in [3.63, 3.8) is 0 Å². The fourth-order valence-corrected chi connectivity index (χ4v) is 2.49. The highest BCUT2D eigenvalue weighted by Crippen LogP contribution is 2.35. The Hall–Kier alpha value is -2.07. The normalized spacial score (nSPS) is 11.2. The van der Waals surface area contributed by atoms with Gasteiger partial charge in [-0.15, -0.1) is 0 Å². The molecule has 7 heteroatoms. The number of aryl methyl sites for hydroxylation is 2. The number of anilines is 2. The Bertz CT molecular complexity index is 683. The second-order valence-electron chi connectivity index (χ2n) is 4.24. The number of benzene rings is 1. The Morgan fingerprint density at radius 3 is 2.60 bits per heavy atom. The van der Waals surface area contributed by atoms with Crippen LogP contribution in [0.5, 0.6) is 0 Å². The number of hydrogen-bond donors (Lipinski definition) is 1. The summed E-state index contributed by atoms with van der Waals surface area (Å²) in [6.07, 6.45) is -4.40. The Balaban J connectivity index is 2.38. The van der Waals surface area contributed by atoms with Crippen molar-refractivity contribution < 1.29 is 13.2 Å². The van der Waals surface area contributed by atoms with E-state index in [9.17, 15) is 13.2 Å². The van der Waals surface area contributed by atoms with Gasteiger partial charge in [-0.2, -0.15) is 22.8 Å². The quantitative estimate of drug-likeness (QED) is 0.894. The van der Waals surface area contributed by atoms with E-state index >= 15 is 0 Å². The Labute approximate surface area is 117 Å². The number of nitriles is 1. The molecule has 0 fully saturated rings. The van der Waals surface area contributed by atoms with Crippen LogP contribution in [0.1, 0.15) is 22.4 Å². The van der Waals surface area contributed by atoms with E-state index in [2.05, 4.69) is 9.69 Å². The van der Waals surface area contributed by atoms with Crippen molar-refractivity contribution in [3.8, 4) is 6.07 Å². The van der Waals surface area contributed by atoms with Crippen LogP contribution in [0.3, 0.4) is 0 Å². The molecular weight excluding hydrogens is 287 g/mol. The minimum Gasteiger partial charge on any atom is -0.345 e. The van der Waals surface area contributed by atoms with Crippen molar-refractivity contribution >= 4 is 22.2 Å². The molecule has 2 aromatic rings. The average Bonchev–Trinajstić information content (AvgIpc) is 2.71. The van der Waals surface area contributed by atoms with Gasteiger partial charge in [0.05, 0.1) is 11.3 Å². The van der Waals surface area contributed by atoms with Crippen molar-refractivity contribution in [2.75, 3.05) is 5.32 Å². The Morgan fingerprint density at radius 1 is 1.30 bits per heavy atom. The highest BCUT2D eigenvalue weighted by Gasteiger charge is 2.32. The van der Waals surface area contributed by atoms with Gasteiger partial charge in [0.2, 0.25) is 0 Å². The Morgan fingerprint density at radius 2 is 2.00 bits per heavy atom. The monoisotopic (exact) mass is 297 g/mol. The molecule has 0 radical (unpaired) electrons. The number of alkyl halides is 3. The number of hydrogen-bond acceptors (Lipinski definition) is 4. The summed E-state index contributed by atoms with van der Waals surface area (Å²) in [6.45, 7) is 3.08. The first kappa shape index (κ1) is 14.3. The van der Waals surface area contributed by atoms with Crippen molar-refractivity contribution in [2.24, 2.45) is 0 Å². The van der Waals surface area contributed by atoms with E-state index in [0.717, 1.165) is 17.6 Å². The van der Waals surface area contributed by atoms with Gasteiger partial charge in [-0.3, -0.25) is 0 Å². The standard InChI is InChI=1S/C13H10F3N3S/c1-7-3-4-9(5-11(7)13(14,15)16)18-12-10(6-17)8(2)19-20-12/h3-5,18H,1-2H3. The predicted octanol–water partition coefficient (Wildman–Crippen LogP) is 4.39. The van der Waals surface area contributed by atoms with Crippen LogP contribution in [-0.4, -0.2) is 4.37 Å². The fourth-order valence-electron chi connectivity index (χ4n) is 1.72. The van der Waals surface area contributed by atoms with Crippen molar-refractivity contribution in [1.29, 1.82) is 5.26 Å². The number of nitrogens with zero attached hydrogens (tertiary/aromatic N) is 2. The summed E-state index contributed by atoms with van der Waals surface area (Å²) in [5.41, 5.74) is 0.654. The zero-order chi connectivity index (χ0) is 14.9. The van der Waals surface area contributed by atoms with Gasteiger partial charge in [-0.1, -0.05) is 6.07 Å². The minimum absolute atomic E-state index is 0.157. The molecule has 0 amide bonds. The summed E-state index contributed by atoms with van der Waals surface area (Å²) < 4.78 is 42.5. The third-order valence-corrected chi connectivity index (χ3v) is 3.63. The van der Waals surface area contributed by atoms with Gasteiger partial charge >= 0.3 is 6.18 Å². The topological polar surface area (TPSA) is 48.7 Å². The lowest BCUT2D eigenvalue weighted by Crippen LogP contribution is -2.08. The third-order valence-electron chi connectivity index (χ3n) is 2.78. The lowest BCUT2D eigenvalue weighted by atomic mass is 10.1. The van der Waals surface area contributed by atoms with E-state index in [1.54, 1.807) is 13.0 Å². The van der Waals surface area contributed by atoms with E-state index in [-0.39, 0.29) is 11.3 Å². The largest absolute Gasteiger partial charge is 0.416 e. The molecule has 20 heavy (non-hydrogen) atoms. The maximum absolute atomic E-state index is 12.8. The van der Waals surface area contributed by atoms with Crippen molar-refractivity contribution in [2.45, 2.75) is 20.0 Å². The first-order valence-corrected chi connectivity index (χ1v) is 6.41. The molecule has 2 rings (SSSR count). The minimum atomic E-state index is -4.40. The van der Waals surface area contributed by atoms with Gasteiger partial charge in [0, 0.05) is 5.69 Å². The van der Waals surface area contributed by atoms with E-state index in [1.807, 2.05) is 6.07 Å². The zero-order valence-corrected chi connectivity index (χ0v) is 11.5. The molecule has 0 atom stereocenters. The van der Waals surface area contributed by atoms with E-state index in [1.165, 1.54) is 13.0 Å². The molecule has 0 aliphatic heterocycles. The Kier molecular flexibility index (Phi) is 3.68. The van der Waals surface area contributed by atoms with Gasteiger partial charge in [0.1, 0.15) is 16.6 Å². The summed E-state index contributed by atoms with van der Waals surface area (Å²) >= 11 is 1.05. The highest BCUT2D eigenvalue weighted by molar-refractivity contribution is 7.10. The highest BCUT2D eigenvalue weighted by atomic mass is 32.1. The zero-order valence-electron chi connectivity index (χ0n) is 10.7. The van der Waals surface area contributed by atoms with Gasteiger partial charge < -0.3 is 5.32 Å². The molecule has 1 aromatic carbocycles. The van der Waals surface area contributed by atoms with Crippen molar-refractivity contribution in [3.05, 3.63) is 40.6 Å². The molecule has 0 bridgehead atoms. The van der Waals surface area contributed by atoms with Crippen LogP contribution >= 0.6 is 11.5 Å². The molecule has 1 N–H and O–H groups in total. The van der Waals surface area contributed by atoms with Gasteiger partial charge in [0.25, 0.3) is 0 Å². The molecule has 3 nitrogen and oxygen atoms in total. The first-order chi connectivity index (χ1) is 9.32. The molecule has 0 spiro atoms. The second-order valence-corrected chi connectivity index (χ2v) is 5.01. The molecule has 1 heterocycles. The van der Waals surface area contributed by atoms with Crippen LogP contribution in [0.4, 0.5) is 23.9 Å². The molecule has 0 saturated carbocycles. The lowest BCUT2D eigenvalue weighted by molar-refractivity contribution is -0.138. The summed E-state index contributed by atoms with van der Waals surface area (Å²) in [5, 5.41) is 12.3. The van der Waals surface area contributed by atoms with E-state index in [4.69, 9.17) is 5.26 Å². The third kappa shape index (κ3) is 2.75. The van der Waals surface area contributed by atoms with Crippen LogP contribution < -0.4 is 5.32 Å². The van der Waals surface area contributed by atoms with Crippen molar-refractivity contribution in [1.82, 2.24) is 4.37 Å². The molecular formula is C13H10F3N3S. The lowest BCUT2D eigenvalue weighted by Gasteiger charge is -2.12. The first-order valence-electron chi connectivity index (χ1n) is 5.64. The predicted molar refractivity (Wildman–Crippen MR) is 71.0 cm³/mol. The maximum Gasteiger partial charge on any atom is 0.416 e. The van der Waals surface area contributed by atoms with Crippen LogP contribution in [-0.2, 0) is 6.18 Å². The second kappa shape index (κ2) is 5.13. The van der Waals surface area contributed by atoms with Gasteiger partial charge in [-0.25, -0.2) is 0 Å². The molecule has 0 unspecified atom stereocenters. The average molecular weight is 297 g/mol. The molecule has 104 valence electrons. The summed E-state index contributed by atoms with van der Waals surface area (Å²) in [5.74, 6) is 0. The molecule has 0 aliphatic rings. The number of nitrogens with one attached hydrogen (secondary N) is 1. The summed E-state index contributed by atoms with van der Waals surface area (Å²) in [6, 6.07) is 5.95. The van der Waals surface area contributed by atoms with Crippen LogP contribution in [0.15, 0.2) is 18.2 Å². The van der Waals surface area contributed by atoms with Crippen LogP contribution in [0.25, 0.3) is 0 Å². The van der Waals surface area contributed by atoms with Crippen LogP contribution in [0.2, 0.25) is 0 Å². The molecule has 0 aliphatic carbocycles. The van der Waals surface area contributed by atoms with E-state index in [0.29, 0.717) is 16.3 Å². The molecule has 1 aromatic heterocycles.